The summed E-state index contributed by atoms with van der Waals surface area (Å²) in [7, 11) is 0. The van der Waals surface area contributed by atoms with Crippen molar-refractivity contribution in [2.45, 2.75) is 13.3 Å². The van der Waals surface area contributed by atoms with Crippen LogP contribution in [0.25, 0.3) is 76.5 Å². The normalized spacial score (nSPS) is 11.9. The Hall–Kier alpha value is -5.61. The molecule has 1 nitrogen and oxygen atoms in total. The molecule has 0 atom stereocenters. The summed E-state index contributed by atoms with van der Waals surface area (Å²) in [4.78, 5) is 0. The van der Waals surface area contributed by atoms with Crippen LogP contribution in [-0.2, 0) is 0 Å². The summed E-state index contributed by atoms with van der Waals surface area (Å²) in [6.07, 6.45) is -4.76. The third-order valence-corrected chi connectivity index (χ3v) is 8.82. The van der Waals surface area contributed by atoms with Crippen molar-refractivity contribution < 1.29 is 17.9 Å². The maximum Gasteiger partial charge on any atom is 0.573 e. The molecule has 0 bridgehead atoms. The molecular weight excluding hydrogens is 577 g/mol. The third kappa shape index (κ3) is 4.83. The summed E-state index contributed by atoms with van der Waals surface area (Å²) in [5.74, 6) is -0.246. The zero-order valence-corrected chi connectivity index (χ0v) is 24.9. The summed E-state index contributed by atoms with van der Waals surface area (Å²) in [6, 6.07) is 48.8. The predicted molar refractivity (Wildman–Crippen MR) is 184 cm³/mol. The summed E-state index contributed by atoms with van der Waals surface area (Å²) in [6.45, 7) is 2.07. The van der Waals surface area contributed by atoms with Crippen LogP contribution >= 0.6 is 0 Å². The molecule has 0 amide bonds. The summed E-state index contributed by atoms with van der Waals surface area (Å²) in [5, 5.41) is 8.90. The molecular formula is C42H27F3O. The first-order chi connectivity index (χ1) is 22.3. The highest BCUT2D eigenvalue weighted by atomic mass is 19.4. The quantitative estimate of drug-likeness (QED) is 0.143. The lowest BCUT2D eigenvalue weighted by Gasteiger charge is -2.20. The van der Waals surface area contributed by atoms with Crippen LogP contribution in [0, 0.1) is 6.92 Å². The second kappa shape index (κ2) is 10.8. The van der Waals surface area contributed by atoms with Crippen LogP contribution in [0.1, 0.15) is 5.56 Å². The van der Waals surface area contributed by atoms with Gasteiger partial charge in [-0.25, -0.2) is 0 Å². The van der Waals surface area contributed by atoms with Gasteiger partial charge in [-0.15, -0.1) is 13.2 Å². The number of aryl methyl sites for hydroxylation is 1. The van der Waals surface area contributed by atoms with E-state index in [0.717, 1.165) is 65.7 Å². The second-order valence-electron chi connectivity index (χ2n) is 11.7. The Kier molecular flexibility index (Phi) is 6.54. The highest BCUT2D eigenvalue weighted by Crippen LogP contribution is 2.47. The van der Waals surface area contributed by atoms with E-state index in [2.05, 4.69) is 121 Å². The number of hydrogen-bond donors (Lipinski definition) is 0. The lowest BCUT2D eigenvalue weighted by molar-refractivity contribution is -0.274. The molecule has 0 aliphatic heterocycles. The number of halogens is 3. The number of benzene rings is 8. The van der Waals surface area contributed by atoms with Crippen LogP contribution in [0.2, 0.25) is 0 Å². The van der Waals surface area contributed by atoms with Gasteiger partial charge in [0.15, 0.2) is 0 Å². The average Bonchev–Trinajstić information content (AvgIpc) is 3.07. The smallest absolute Gasteiger partial charge is 0.406 e. The third-order valence-electron chi connectivity index (χ3n) is 8.82. The Morgan fingerprint density at radius 3 is 1.67 bits per heavy atom. The fourth-order valence-electron chi connectivity index (χ4n) is 6.79. The van der Waals surface area contributed by atoms with E-state index in [1.165, 1.54) is 28.5 Å². The average molecular weight is 605 g/mol. The molecule has 0 spiro atoms. The van der Waals surface area contributed by atoms with Crippen LogP contribution in [-0.4, -0.2) is 6.36 Å². The Morgan fingerprint density at radius 1 is 0.435 bits per heavy atom. The highest BCUT2D eigenvalue weighted by Gasteiger charge is 2.31. The number of hydrogen-bond acceptors (Lipinski definition) is 1. The summed E-state index contributed by atoms with van der Waals surface area (Å²) in [5.41, 5.74) is 7.39. The molecule has 8 aromatic rings. The molecule has 0 fully saturated rings. The molecule has 0 saturated carbocycles. The van der Waals surface area contributed by atoms with Gasteiger partial charge in [-0.2, -0.15) is 0 Å². The maximum atomic E-state index is 13.0. The molecule has 46 heavy (non-hydrogen) atoms. The molecule has 4 heteroatoms. The van der Waals surface area contributed by atoms with Gasteiger partial charge in [0.05, 0.1) is 0 Å². The van der Waals surface area contributed by atoms with Gasteiger partial charge in [-0.1, -0.05) is 127 Å². The monoisotopic (exact) mass is 604 g/mol. The molecule has 8 aromatic carbocycles. The molecule has 0 aromatic heterocycles. The van der Waals surface area contributed by atoms with Gasteiger partial charge < -0.3 is 4.74 Å². The van der Waals surface area contributed by atoms with Crippen molar-refractivity contribution in [1.29, 1.82) is 0 Å². The first-order valence-electron chi connectivity index (χ1n) is 15.2. The lowest BCUT2D eigenvalue weighted by Crippen LogP contribution is -2.16. The van der Waals surface area contributed by atoms with Gasteiger partial charge in [0.1, 0.15) is 5.75 Å². The molecule has 0 N–H and O–H groups in total. The second-order valence-corrected chi connectivity index (χ2v) is 11.7. The van der Waals surface area contributed by atoms with E-state index in [-0.39, 0.29) is 5.75 Å². The molecule has 0 heterocycles. The van der Waals surface area contributed by atoms with Crippen LogP contribution in [0.3, 0.4) is 0 Å². The number of ether oxygens (including phenoxy) is 1. The Labute approximate surface area is 264 Å². The van der Waals surface area contributed by atoms with Crippen molar-refractivity contribution >= 4 is 43.1 Å². The minimum absolute atomic E-state index is 0.246. The van der Waals surface area contributed by atoms with Crippen molar-refractivity contribution in [1.82, 2.24) is 0 Å². The van der Waals surface area contributed by atoms with Gasteiger partial charge >= 0.3 is 6.36 Å². The first-order valence-corrected chi connectivity index (χ1v) is 15.2. The van der Waals surface area contributed by atoms with Gasteiger partial charge in [0, 0.05) is 0 Å². The standard InChI is InChI=1S/C42H27F3O/c1-26-14-16-27(17-15-26)29-20-23-37-39(24-29)40(28-18-21-31(22-19-28)46-42(43,44)45)35-12-6-7-13-36(35)41(37)38-25-30-8-2-3-9-32(30)33-10-4-5-11-34(33)38/h2-25H,1H3. The van der Waals surface area contributed by atoms with Crippen molar-refractivity contribution in [3.05, 3.63) is 151 Å². The zero-order chi connectivity index (χ0) is 31.4. The lowest BCUT2D eigenvalue weighted by atomic mass is 9.83. The van der Waals surface area contributed by atoms with E-state index < -0.39 is 6.36 Å². The van der Waals surface area contributed by atoms with Gasteiger partial charge in [0.2, 0.25) is 0 Å². The largest absolute Gasteiger partial charge is 0.573 e. The first kappa shape index (κ1) is 27.9. The van der Waals surface area contributed by atoms with E-state index >= 15 is 0 Å². The van der Waals surface area contributed by atoms with Crippen LogP contribution in [0.5, 0.6) is 5.75 Å². The van der Waals surface area contributed by atoms with Gasteiger partial charge in [-0.05, 0) is 108 Å². The number of fused-ring (bicyclic) bond motifs is 5. The fraction of sp³-hybridized carbons (Fsp3) is 0.0476. The summed E-state index contributed by atoms with van der Waals surface area (Å²) < 4.78 is 43.2. The maximum absolute atomic E-state index is 13.0. The Bertz CT molecular complexity index is 2420. The zero-order valence-electron chi connectivity index (χ0n) is 24.9. The minimum atomic E-state index is -4.76. The molecule has 0 aliphatic carbocycles. The number of alkyl halides is 3. The summed E-state index contributed by atoms with van der Waals surface area (Å²) >= 11 is 0. The topological polar surface area (TPSA) is 9.23 Å². The molecule has 222 valence electrons. The molecule has 8 rings (SSSR count). The van der Waals surface area contributed by atoms with E-state index in [1.807, 2.05) is 12.1 Å². The van der Waals surface area contributed by atoms with E-state index in [4.69, 9.17) is 0 Å². The van der Waals surface area contributed by atoms with Crippen LogP contribution in [0.4, 0.5) is 13.2 Å². The van der Waals surface area contributed by atoms with E-state index in [0.29, 0.717) is 0 Å². The Balaban J connectivity index is 1.49. The fourth-order valence-corrected chi connectivity index (χ4v) is 6.79. The van der Waals surface area contributed by atoms with Crippen molar-refractivity contribution in [3.63, 3.8) is 0 Å². The van der Waals surface area contributed by atoms with Crippen LogP contribution in [0.15, 0.2) is 146 Å². The molecule has 0 unspecified atom stereocenters. The van der Waals surface area contributed by atoms with Crippen molar-refractivity contribution in [3.8, 4) is 39.1 Å². The minimum Gasteiger partial charge on any atom is -0.406 e. The SMILES string of the molecule is Cc1ccc(-c2ccc3c(-c4cc5ccccc5c5ccccc45)c4ccccc4c(-c4ccc(OC(F)(F)F)cc4)c3c2)cc1. The highest BCUT2D eigenvalue weighted by molar-refractivity contribution is 6.26. The van der Waals surface area contributed by atoms with Crippen LogP contribution < -0.4 is 4.74 Å². The van der Waals surface area contributed by atoms with E-state index in [9.17, 15) is 13.2 Å². The van der Waals surface area contributed by atoms with Crippen molar-refractivity contribution in [2.24, 2.45) is 0 Å². The van der Waals surface area contributed by atoms with E-state index in [1.54, 1.807) is 12.1 Å². The molecule has 0 aliphatic rings. The predicted octanol–water partition coefficient (Wildman–Crippen LogP) is 12.5. The van der Waals surface area contributed by atoms with Crippen molar-refractivity contribution in [2.75, 3.05) is 0 Å². The Morgan fingerprint density at radius 2 is 0.978 bits per heavy atom. The van der Waals surface area contributed by atoms with Gasteiger partial charge in [0.25, 0.3) is 0 Å². The molecule has 0 saturated heterocycles. The molecule has 0 radical (unpaired) electrons. The number of rotatable bonds is 4. The van der Waals surface area contributed by atoms with Gasteiger partial charge in [-0.3, -0.25) is 0 Å².